The summed E-state index contributed by atoms with van der Waals surface area (Å²) in [6, 6.07) is 13.4. The van der Waals surface area contributed by atoms with Gasteiger partial charge in [0.15, 0.2) is 0 Å². The number of ether oxygens (including phenoxy) is 1. The smallest absolute Gasteiger partial charge is 0.328 e. The monoisotopic (exact) mass is 727 g/mol. The third-order valence-corrected chi connectivity index (χ3v) is 9.54. The highest BCUT2D eigenvalue weighted by Gasteiger charge is 2.27. The first-order chi connectivity index (χ1) is 23.2. The number of phenolic OH excluding ortho intramolecular Hbond substituents is 1. The van der Waals surface area contributed by atoms with Crippen LogP contribution in [0.1, 0.15) is 98.2 Å². The van der Waals surface area contributed by atoms with E-state index in [9.17, 15) is 32.7 Å². The molecule has 0 radical (unpaired) electrons. The van der Waals surface area contributed by atoms with Crippen molar-refractivity contribution in [2.75, 3.05) is 13.7 Å². The molecule has 3 aromatic rings. The zero-order valence-electron chi connectivity index (χ0n) is 29.5. The maximum absolute atomic E-state index is 12.9. The lowest BCUT2D eigenvalue weighted by atomic mass is 9.78. The molecule has 0 saturated carbocycles. The van der Waals surface area contributed by atoms with Crippen LogP contribution >= 0.6 is 11.6 Å². The summed E-state index contributed by atoms with van der Waals surface area (Å²) in [6.45, 7) is 12.4. The fraction of sp³-hybridized carbons (Fsp3) is 0.405. The molecule has 13 heteroatoms. The van der Waals surface area contributed by atoms with Gasteiger partial charge in [-0.1, -0.05) is 65.3 Å². The first-order valence-electron chi connectivity index (χ1n) is 16.2. The summed E-state index contributed by atoms with van der Waals surface area (Å²) >= 11 is 5.80. The third-order valence-electron chi connectivity index (χ3n) is 7.94. The highest BCUT2D eigenvalue weighted by atomic mass is 35.5. The van der Waals surface area contributed by atoms with E-state index >= 15 is 0 Å². The van der Waals surface area contributed by atoms with Crippen LogP contribution in [-0.2, 0) is 41.6 Å². The highest BCUT2D eigenvalue weighted by Crippen LogP contribution is 2.39. The van der Waals surface area contributed by atoms with Crippen LogP contribution in [0.2, 0.25) is 5.02 Å². The number of nitrogens with one attached hydrogen (secondary N) is 3. The molecule has 0 aromatic heterocycles. The number of methoxy groups -OCH3 is 1. The largest absolute Gasteiger partial charge is 0.507 e. The first-order valence-corrected chi connectivity index (χ1v) is 18.0. The van der Waals surface area contributed by atoms with Crippen LogP contribution in [0.3, 0.4) is 0 Å². The number of unbranched alkanes of at least 4 members (excludes halogenated alkanes) is 1. The molecule has 3 rings (SSSR count). The molecule has 3 amide bonds. The molecule has 11 nitrogen and oxygen atoms in total. The Kier molecular flexibility index (Phi) is 13.2. The SMILES string of the molecule is COC(=O)[C@H](CCCCNC(=O)Cc1cc(C(C)(C)C)c(O)c(C(C)(C)C)c1)NC(=O)c1ccc(C(=O)NS(=O)(=O)c2ccc(Cl)cc2)cc1. The van der Waals surface area contributed by atoms with E-state index in [-0.39, 0.29) is 51.4 Å². The minimum atomic E-state index is -4.15. The Morgan fingerprint density at radius 2 is 1.34 bits per heavy atom. The fourth-order valence-electron chi connectivity index (χ4n) is 5.15. The Hall–Kier alpha value is -4.42. The van der Waals surface area contributed by atoms with E-state index in [4.69, 9.17) is 16.3 Å². The van der Waals surface area contributed by atoms with Gasteiger partial charge in [-0.05, 0) is 95.3 Å². The molecule has 50 heavy (non-hydrogen) atoms. The number of hydrogen-bond donors (Lipinski definition) is 4. The maximum atomic E-state index is 12.9. The Balaban J connectivity index is 1.53. The van der Waals surface area contributed by atoms with Gasteiger partial charge in [-0.15, -0.1) is 0 Å². The standard InChI is InChI=1S/C37H46ClN3O8S/c1-36(2,3)28-20-23(21-29(32(28)43)37(4,5)6)22-31(42)39-19-9-8-10-30(35(46)49-7)40-33(44)24-11-13-25(14-12-24)34(45)41-50(47,48)27-17-15-26(38)16-18-27/h11-18,20-21,30,43H,8-10,19,22H2,1-7H3,(H,39,42)(H,40,44)(H,41,45)/t30-/m0/s1. The molecule has 0 unspecified atom stereocenters. The Morgan fingerprint density at radius 3 is 1.84 bits per heavy atom. The normalized spacial score (nSPS) is 12.5. The van der Waals surface area contributed by atoms with Crippen molar-refractivity contribution in [1.29, 1.82) is 0 Å². The second kappa shape index (κ2) is 16.5. The van der Waals surface area contributed by atoms with E-state index in [2.05, 4.69) is 10.6 Å². The van der Waals surface area contributed by atoms with Crippen molar-refractivity contribution in [2.24, 2.45) is 0 Å². The Bertz CT molecular complexity index is 1780. The number of amides is 3. The van der Waals surface area contributed by atoms with Crippen LogP contribution in [-0.4, -0.2) is 56.9 Å². The number of carbonyl (C=O) groups excluding carboxylic acids is 4. The van der Waals surface area contributed by atoms with Gasteiger partial charge < -0.3 is 20.5 Å². The van der Waals surface area contributed by atoms with E-state index in [1.807, 2.05) is 58.4 Å². The molecular formula is C37H46ClN3O8S. The molecule has 1 atom stereocenters. The molecule has 4 N–H and O–H groups in total. The number of hydrogen-bond acceptors (Lipinski definition) is 8. The zero-order chi connectivity index (χ0) is 37.4. The quantitative estimate of drug-likeness (QED) is 0.131. The van der Waals surface area contributed by atoms with Gasteiger partial charge in [0.2, 0.25) is 5.91 Å². The van der Waals surface area contributed by atoms with Crippen molar-refractivity contribution in [2.45, 2.75) is 89.0 Å². The summed E-state index contributed by atoms with van der Waals surface area (Å²) in [5.74, 6) is -2.04. The van der Waals surface area contributed by atoms with Gasteiger partial charge in [-0.25, -0.2) is 17.9 Å². The predicted octanol–water partition coefficient (Wildman–Crippen LogP) is 5.56. The lowest BCUT2D eigenvalue weighted by molar-refractivity contribution is -0.143. The summed E-state index contributed by atoms with van der Waals surface area (Å²) in [6.07, 6.45) is 1.42. The topological polar surface area (TPSA) is 168 Å². The van der Waals surface area contributed by atoms with Gasteiger partial charge in [0.25, 0.3) is 21.8 Å². The minimum absolute atomic E-state index is 0.000325. The minimum Gasteiger partial charge on any atom is -0.507 e. The average Bonchev–Trinajstić information content (AvgIpc) is 3.03. The molecule has 0 aliphatic heterocycles. The van der Waals surface area contributed by atoms with Gasteiger partial charge in [0.1, 0.15) is 11.8 Å². The third kappa shape index (κ3) is 11.0. The molecule has 270 valence electrons. The highest BCUT2D eigenvalue weighted by molar-refractivity contribution is 7.90. The summed E-state index contributed by atoms with van der Waals surface area (Å²) < 4.78 is 31.9. The fourth-order valence-corrected chi connectivity index (χ4v) is 6.25. The van der Waals surface area contributed by atoms with Crippen molar-refractivity contribution in [3.8, 4) is 5.75 Å². The molecule has 0 saturated heterocycles. The summed E-state index contributed by atoms with van der Waals surface area (Å²) in [7, 11) is -2.93. The maximum Gasteiger partial charge on any atom is 0.328 e. The second-order valence-electron chi connectivity index (χ2n) is 14.1. The number of halogens is 1. The van der Waals surface area contributed by atoms with E-state index < -0.39 is 33.8 Å². The van der Waals surface area contributed by atoms with E-state index in [0.29, 0.717) is 24.4 Å². The number of phenols is 1. The van der Waals surface area contributed by atoms with Crippen LogP contribution < -0.4 is 15.4 Å². The van der Waals surface area contributed by atoms with Gasteiger partial charge in [0.05, 0.1) is 18.4 Å². The van der Waals surface area contributed by atoms with E-state index in [0.717, 1.165) is 16.7 Å². The van der Waals surface area contributed by atoms with Crippen LogP contribution in [0.15, 0.2) is 65.6 Å². The van der Waals surface area contributed by atoms with Gasteiger partial charge in [-0.3, -0.25) is 14.4 Å². The first kappa shape index (κ1) is 40.0. The van der Waals surface area contributed by atoms with Crippen LogP contribution in [0.4, 0.5) is 0 Å². The number of sulfonamides is 1. The van der Waals surface area contributed by atoms with Crippen molar-refractivity contribution < 1.29 is 37.4 Å². The average molecular weight is 728 g/mol. The molecule has 3 aromatic carbocycles. The summed E-state index contributed by atoms with van der Waals surface area (Å²) in [4.78, 5) is 50.7. The number of benzene rings is 3. The number of rotatable bonds is 13. The lowest BCUT2D eigenvalue weighted by Gasteiger charge is -2.28. The van der Waals surface area contributed by atoms with Crippen molar-refractivity contribution in [3.05, 3.63) is 93.5 Å². The second-order valence-corrected chi connectivity index (χ2v) is 16.2. The summed E-state index contributed by atoms with van der Waals surface area (Å²) in [5.41, 5.74) is 1.89. The van der Waals surface area contributed by atoms with Crippen LogP contribution in [0, 0.1) is 0 Å². The van der Waals surface area contributed by atoms with Gasteiger partial charge in [-0.2, -0.15) is 0 Å². The molecule has 0 fully saturated rings. The number of carbonyl (C=O) groups is 4. The summed E-state index contributed by atoms with van der Waals surface area (Å²) in [5, 5.41) is 16.8. The number of esters is 1. The molecule has 0 heterocycles. The Morgan fingerprint density at radius 1 is 0.820 bits per heavy atom. The lowest BCUT2D eigenvalue weighted by Crippen LogP contribution is -2.41. The molecule has 0 bridgehead atoms. The predicted molar refractivity (Wildman–Crippen MR) is 192 cm³/mol. The van der Waals surface area contributed by atoms with Crippen molar-refractivity contribution >= 4 is 45.3 Å². The Labute approximate surface area is 299 Å². The van der Waals surface area contributed by atoms with Crippen molar-refractivity contribution in [3.63, 3.8) is 0 Å². The zero-order valence-corrected chi connectivity index (χ0v) is 31.0. The number of aromatic hydroxyl groups is 1. The van der Waals surface area contributed by atoms with Crippen LogP contribution in [0.5, 0.6) is 5.75 Å². The van der Waals surface area contributed by atoms with Gasteiger partial charge in [0, 0.05) is 22.7 Å². The van der Waals surface area contributed by atoms with E-state index in [1.165, 1.54) is 55.6 Å². The molecule has 0 aliphatic rings. The van der Waals surface area contributed by atoms with E-state index in [1.54, 1.807) is 0 Å². The van der Waals surface area contributed by atoms with Crippen molar-refractivity contribution in [1.82, 2.24) is 15.4 Å². The molecule has 0 aliphatic carbocycles. The molecular weight excluding hydrogens is 682 g/mol. The van der Waals surface area contributed by atoms with Gasteiger partial charge >= 0.3 is 5.97 Å². The molecule has 0 spiro atoms. The van der Waals surface area contributed by atoms with Crippen LogP contribution in [0.25, 0.3) is 0 Å².